The van der Waals surface area contributed by atoms with Crippen LogP contribution in [0.1, 0.15) is 11.3 Å². The summed E-state index contributed by atoms with van der Waals surface area (Å²) in [5.74, 6) is -11.0. The van der Waals surface area contributed by atoms with Crippen LogP contribution in [-0.2, 0) is 33.4 Å². The highest BCUT2D eigenvalue weighted by Gasteiger charge is 2.54. The summed E-state index contributed by atoms with van der Waals surface area (Å²) >= 11 is 6.06. The number of anilines is 1. The summed E-state index contributed by atoms with van der Waals surface area (Å²) < 4.78 is 96.7. The summed E-state index contributed by atoms with van der Waals surface area (Å²) in [4.78, 5) is 52.0. The molecule has 3 aromatic heterocycles. The van der Waals surface area contributed by atoms with Crippen molar-refractivity contribution in [2.75, 3.05) is 11.9 Å². The van der Waals surface area contributed by atoms with E-state index in [1.54, 1.807) is 6.20 Å². The lowest BCUT2D eigenvalue weighted by Crippen LogP contribution is -2.39. The molecule has 1 amide bonds. The number of Topliss-reactive ketones (excluding diaryl/α,β-unsaturated/α-hetero) is 2. The van der Waals surface area contributed by atoms with E-state index >= 15 is 0 Å². The summed E-state index contributed by atoms with van der Waals surface area (Å²) in [5.41, 5.74) is 1.24. The SMILES string of the molecule is O=C(C(=O)C(F)(F)F)C(F)(F)F.O=C(Cn1c(Cl)cnc(NCC(F)(F)c2ccccn2)c1=O)NCc1ccccc1-c1ccn[nH]1. The fraction of sp³-hybridized carbons (Fsp3) is 0.222. The summed E-state index contributed by atoms with van der Waals surface area (Å²) in [6.45, 7) is -1.14. The molecule has 1 aromatic carbocycles. The van der Waals surface area contributed by atoms with Crippen LogP contribution in [-0.4, -0.2) is 61.1 Å². The van der Waals surface area contributed by atoms with Crippen LogP contribution in [0.4, 0.5) is 40.9 Å². The second-order valence-electron chi connectivity index (χ2n) is 9.15. The van der Waals surface area contributed by atoms with Crippen LogP contribution in [0.3, 0.4) is 0 Å². The van der Waals surface area contributed by atoms with Gasteiger partial charge in [-0.1, -0.05) is 41.9 Å². The minimum Gasteiger partial charge on any atom is -0.359 e. The minimum atomic E-state index is -5.77. The maximum atomic E-state index is 14.4. The van der Waals surface area contributed by atoms with Crippen LogP contribution >= 0.6 is 11.6 Å². The Morgan fingerprint density at radius 3 is 2.06 bits per heavy atom. The molecule has 0 aliphatic carbocycles. The molecule has 0 atom stereocenters. The van der Waals surface area contributed by atoms with Gasteiger partial charge in [-0.2, -0.15) is 40.2 Å². The molecule has 0 unspecified atom stereocenters. The van der Waals surface area contributed by atoms with E-state index in [9.17, 15) is 54.3 Å². The number of pyridine rings is 1. The van der Waals surface area contributed by atoms with Gasteiger partial charge in [0, 0.05) is 24.5 Å². The fourth-order valence-electron chi connectivity index (χ4n) is 3.59. The van der Waals surface area contributed by atoms with Crippen molar-refractivity contribution in [2.24, 2.45) is 0 Å². The van der Waals surface area contributed by atoms with Gasteiger partial charge in [0.05, 0.1) is 18.4 Å². The molecule has 3 N–H and O–H groups in total. The molecule has 0 bridgehead atoms. The highest BCUT2D eigenvalue weighted by atomic mass is 35.5. The van der Waals surface area contributed by atoms with E-state index in [-0.39, 0.29) is 17.5 Å². The number of carbonyl (C=O) groups is 3. The zero-order valence-electron chi connectivity index (χ0n) is 23.3. The average Bonchev–Trinajstić information content (AvgIpc) is 3.56. The van der Waals surface area contributed by atoms with E-state index in [0.29, 0.717) is 0 Å². The van der Waals surface area contributed by atoms with Crippen molar-refractivity contribution in [3.05, 3.63) is 93.9 Å². The van der Waals surface area contributed by atoms with E-state index < -0.39 is 60.1 Å². The fourth-order valence-corrected chi connectivity index (χ4v) is 3.78. The van der Waals surface area contributed by atoms with Gasteiger partial charge in [-0.25, -0.2) is 4.98 Å². The van der Waals surface area contributed by atoms with Crippen molar-refractivity contribution in [1.82, 2.24) is 30.0 Å². The Kier molecular flexibility index (Phi) is 11.5. The Morgan fingerprint density at radius 2 is 1.49 bits per heavy atom. The summed E-state index contributed by atoms with van der Waals surface area (Å²) in [6, 6.07) is 13.4. The maximum absolute atomic E-state index is 14.4. The molecule has 47 heavy (non-hydrogen) atoms. The van der Waals surface area contributed by atoms with Gasteiger partial charge in [0.1, 0.15) is 17.4 Å². The van der Waals surface area contributed by atoms with Crippen LogP contribution in [0.5, 0.6) is 0 Å². The lowest BCUT2D eigenvalue weighted by atomic mass is 10.0. The number of hydrogen-bond acceptors (Lipinski definition) is 8. The van der Waals surface area contributed by atoms with E-state index in [0.717, 1.165) is 27.6 Å². The number of ketones is 2. The first-order valence-corrected chi connectivity index (χ1v) is 13.1. The smallest absolute Gasteiger partial charge is 0.359 e. The molecule has 0 spiro atoms. The molecular weight excluding hydrogens is 674 g/mol. The van der Waals surface area contributed by atoms with E-state index in [1.165, 1.54) is 24.4 Å². The number of alkyl halides is 8. The summed E-state index contributed by atoms with van der Waals surface area (Å²) in [7, 11) is 0. The van der Waals surface area contributed by atoms with Gasteiger partial charge in [-0.15, -0.1) is 0 Å². The second kappa shape index (κ2) is 14.9. The lowest BCUT2D eigenvalue weighted by molar-refractivity contribution is -0.193. The van der Waals surface area contributed by atoms with E-state index in [4.69, 9.17) is 11.6 Å². The van der Waals surface area contributed by atoms with Gasteiger partial charge < -0.3 is 10.6 Å². The quantitative estimate of drug-likeness (QED) is 0.163. The van der Waals surface area contributed by atoms with Crippen molar-refractivity contribution in [2.45, 2.75) is 31.4 Å². The van der Waals surface area contributed by atoms with Crippen molar-refractivity contribution >= 4 is 34.9 Å². The first-order chi connectivity index (χ1) is 21.9. The number of carbonyl (C=O) groups excluding carboxylic acids is 3. The maximum Gasteiger partial charge on any atom is 0.458 e. The molecule has 20 heteroatoms. The molecule has 0 fully saturated rings. The Labute approximate surface area is 263 Å². The number of rotatable bonds is 10. The first-order valence-electron chi connectivity index (χ1n) is 12.8. The Bertz CT molecular complexity index is 1740. The Balaban J connectivity index is 0.000000426. The number of aromatic nitrogens is 5. The predicted octanol–water partition coefficient (Wildman–Crippen LogP) is 4.45. The monoisotopic (exact) mass is 693 g/mol. The molecule has 11 nitrogen and oxygen atoms in total. The van der Waals surface area contributed by atoms with Gasteiger partial charge in [-0.05, 0) is 23.8 Å². The van der Waals surface area contributed by atoms with E-state index in [2.05, 4.69) is 30.8 Å². The lowest BCUT2D eigenvalue weighted by Gasteiger charge is -2.17. The van der Waals surface area contributed by atoms with Crippen LogP contribution in [0, 0.1) is 0 Å². The number of nitrogens with zero attached hydrogens (tertiary/aromatic N) is 4. The molecule has 0 aliphatic rings. The number of H-pyrrole nitrogens is 1. The molecule has 4 aromatic rings. The zero-order chi connectivity index (χ0) is 35.0. The van der Waals surface area contributed by atoms with Crippen molar-refractivity contribution < 1.29 is 49.5 Å². The number of hydrogen-bond donors (Lipinski definition) is 3. The normalized spacial score (nSPS) is 11.7. The Morgan fingerprint density at radius 1 is 0.851 bits per heavy atom. The van der Waals surface area contributed by atoms with Crippen LogP contribution in [0.15, 0.2) is 71.9 Å². The minimum absolute atomic E-state index is 0.106. The molecular formula is C27H20ClF8N7O4. The molecule has 0 radical (unpaired) electrons. The highest BCUT2D eigenvalue weighted by molar-refractivity contribution is 6.41. The highest BCUT2D eigenvalue weighted by Crippen LogP contribution is 2.26. The van der Waals surface area contributed by atoms with Gasteiger partial charge in [0.25, 0.3) is 5.56 Å². The molecule has 0 aliphatic heterocycles. The number of amides is 1. The van der Waals surface area contributed by atoms with E-state index in [1.807, 2.05) is 30.3 Å². The number of halogens is 9. The van der Waals surface area contributed by atoms with Crippen LogP contribution in [0.2, 0.25) is 5.15 Å². The third-order valence-corrected chi connectivity index (χ3v) is 6.13. The zero-order valence-corrected chi connectivity index (χ0v) is 24.1. The topological polar surface area (TPSA) is 152 Å². The number of aromatic amines is 1. The average molecular weight is 694 g/mol. The molecule has 250 valence electrons. The largest absolute Gasteiger partial charge is 0.458 e. The van der Waals surface area contributed by atoms with Crippen molar-refractivity contribution in [3.8, 4) is 11.3 Å². The second-order valence-corrected chi connectivity index (χ2v) is 9.54. The summed E-state index contributed by atoms with van der Waals surface area (Å²) in [6.07, 6.45) is -7.55. The third-order valence-electron chi connectivity index (χ3n) is 5.83. The molecule has 4 rings (SSSR count). The predicted molar refractivity (Wildman–Crippen MR) is 148 cm³/mol. The van der Waals surface area contributed by atoms with Crippen LogP contribution < -0.4 is 16.2 Å². The van der Waals surface area contributed by atoms with Gasteiger partial charge >= 0.3 is 29.8 Å². The van der Waals surface area contributed by atoms with Gasteiger partial charge in [0.2, 0.25) is 5.91 Å². The van der Waals surface area contributed by atoms with Gasteiger partial charge in [0.15, 0.2) is 5.82 Å². The van der Waals surface area contributed by atoms with Crippen molar-refractivity contribution in [1.29, 1.82) is 0 Å². The Hall–Kier alpha value is -5.20. The molecule has 0 saturated heterocycles. The first kappa shape index (κ1) is 36.3. The number of nitrogens with one attached hydrogen (secondary N) is 3. The van der Waals surface area contributed by atoms with Crippen molar-refractivity contribution in [3.63, 3.8) is 0 Å². The standard InChI is InChI=1S/C23H20ClF2N7O2.C4F6O2/c24-19-12-29-21(30-14-23(25,26)18-7-3-4-9-27-18)22(35)33(19)13-20(34)28-11-15-5-1-2-6-16(15)17-8-10-31-32-17;5-3(6,7)1(11)2(12)4(8,9)10/h1-10,12H,11,13-14H2,(H,28,34)(H,29,30)(H,31,32);. The third kappa shape index (κ3) is 9.89. The van der Waals surface area contributed by atoms with Crippen LogP contribution in [0.25, 0.3) is 11.3 Å². The summed E-state index contributed by atoms with van der Waals surface area (Å²) in [5, 5.41) is 11.8. The van der Waals surface area contributed by atoms with Gasteiger partial charge in [-0.3, -0.25) is 33.8 Å². The molecule has 3 heterocycles. The number of benzene rings is 1. The molecule has 0 saturated carbocycles.